The first kappa shape index (κ1) is 14.8. The summed E-state index contributed by atoms with van der Waals surface area (Å²) in [5, 5.41) is 0. The number of anilines is 3. The number of rotatable bonds is 4. The number of nitrogens with zero attached hydrogens (tertiary/aromatic N) is 2. The Bertz CT molecular complexity index is 644. The number of nitrogen functional groups attached to an aromatic ring is 1. The SMILES string of the molecule is CCOC(=O)c1ccnc(N(C)c2ccc(F)cc2)c1N. The lowest BCUT2D eigenvalue weighted by Gasteiger charge is -2.20. The lowest BCUT2D eigenvalue weighted by atomic mass is 10.2. The van der Waals surface area contributed by atoms with Crippen LogP contribution in [0.25, 0.3) is 0 Å². The molecule has 0 spiro atoms. The van der Waals surface area contributed by atoms with E-state index in [0.29, 0.717) is 11.5 Å². The van der Waals surface area contributed by atoms with Crippen LogP contribution in [0.3, 0.4) is 0 Å². The number of halogens is 1. The van der Waals surface area contributed by atoms with Gasteiger partial charge in [0, 0.05) is 18.9 Å². The van der Waals surface area contributed by atoms with E-state index in [1.807, 2.05) is 0 Å². The second-order valence-corrected chi connectivity index (χ2v) is 4.35. The van der Waals surface area contributed by atoms with Gasteiger partial charge in [-0.3, -0.25) is 0 Å². The molecule has 0 aliphatic heterocycles. The Hall–Kier alpha value is -2.63. The van der Waals surface area contributed by atoms with Gasteiger partial charge in [-0.1, -0.05) is 0 Å². The average Bonchev–Trinajstić information content (AvgIpc) is 2.48. The van der Waals surface area contributed by atoms with Crippen molar-refractivity contribution in [2.45, 2.75) is 6.92 Å². The first-order valence-corrected chi connectivity index (χ1v) is 6.45. The number of aromatic nitrogens is 1. The number of benzene rings is 1. The van der Waals surface area contributed by atoms with Gasteiger partial charge in [0.2, 0.25) is 0 Å². The van der Waals surface area contributed by atoms with Crippen molar-refractivity contribution in [3.05, 3.63) is 47.9 Å². The van der Waals surface area contributed by atoms with Crippen molar-refractivity contribution in [2.75, 3.05) is 24.3 Å². The number of pyridine rings is 1. The summed E-state index contributed by atoms with van der Waals surface area (Å²) in [6.07, 6.45) is 1.48. The van der Waals surface area contributed by atoms with Crippen LogP contribution in [0.15, 0.2) is 36.5 Å². The molecular formula is C15H16FN3O2. The molecule has 2 aromatic rings. The number of nitrogens with two attached hydrogens (primary N) is 1. The zero-order chi connectivity index (χ0) is 15.4. The third kappa shape index (κ3) is 3.10. The van der Waals surface area contributed by atoms with Gasteiger partial charge in [0.05, 0.1) is 17.9 Å². The molecule has 0 unspecified atom stereocenters. The number of carbonyl (C=O) groups is 1. The summed E-state index contributed by atoms with van der Waals surface area (Å²) in [4.78, 5) is 17.7. The zero-order valence-corrected chi connectivity index (χ0v) is 11.8. The fourth-order valence-electron chi connectivity index (χ4n) is 1.90. The minimum Gasteiger partial charge on any atom is -0.462 e. The van der Waals surface area contributed by atoms with E-state index in [1.54, 1.807) is 31.0 Å². The fraction of sp³-hybridized carbons (Fsp3) is 0.200. The van der Waals surface area contributed by atoms with E-state index in [1.165, 1.54) is 24.4 Å². The van der Waals surface area contributed by atoms with Gasteiger partial charge in [-0.15, -0.1) is 0 Å². The molecule has 0 atom stereocenters. The van der Waals surface area contributed by atoms with Gasteiger partial charge in [0.25, 0.3) is 0 Å². The smallest absolute Gasteiger partial charge is 0.340 e. The number of hydrogen-bond donors (Lipinski definition) is 1. The van der Waals surface area contributed by atoms with Crippen LogP contribution in [0.5, 0.6) is 0 Å². The van der Waals surface area contributed by atoms with E-state index >= 15 is 0 Å². The molecule has 0 fully saturated rings. The van der Waals surface area contributed by atoms with Crippen LogP contribution in [0.2, 0.25) is 0 Å². The second-order valence-electron chi connectivity index (χ2n) is 4.35. The molecule has 0 aliphatic rings. The molecular weight excluding hydrogens is 273 g/mol. The highest BCUT2D eigenvalue weighted by Crippen LogP contribution is 2.29. The Kier molecular flexibility index (Phi) is 4.37. The van der Waals surface area contributed by atoms with Crippen molar-refractivity contribution in [3.8, 4) is 0 Å². The van der Waals surface area contributed by atoms with Gasteiger partial charge in [0.15, 0.2) is 5.82 Å². The maximum atomic E-state index is 13.0. The standard InChI is InChI=1S/C15H16FN3O2/c1-3-21-15(20)12-8-9-18-14(13(12)17)19(2)11-6-4-10(16)5-7-11/h4-9H,3,17H2,1-2H3. The average molecular weight is 289 g/mol. The largest absolute Gasteiger partial charge is 0.462 e. The molecule has 0 saturated carbocycles. The molecule has 0 radical (unpaired) electrons. The molecule has 5 nitrogen and oxygen atoms in total. The zero-order valence-electron chi connectivity index (χ0n) is 11.8. The Morgan fingerprint density at radius 2 is 2.00 bits per heavy atom. The molecule has 0 bridgehead atoms. The highest BCUT2D eigenvalue weighted by Gasteiger charge is 2.17. The molecule has 2 N–H and O–H groups in total. The first-order valence-electron chi connectivity index (χ1n) is 6.45. The predicted molar refractivity (Wildman–Crippen MR) is 79.1 cm³/mol. The fourth-order valence-corrected chi connectivity index (χ4v) is 1.90. The lowest BCUT2D eigenvalue weighted by Crippen LogP contribution is -2.16. The summed E-state index contributed by atoms with van der Waals surface area (Å²) in [6.45, 7) is 1.99. The van der Waals surface area contributed by atoms with E-state index < -0.39 is 5.97 Å². The summed E-state index contributed by atoms with van der Waals surface area (Å²) in [6, 6.07) is 7.41. The maximum Gasteiger partial charge on any atom is 0.340 e. The van der Waals surface area contributed by atoms with Crippen molar-refractivity contribution >= 4 is 23.2 Å². The summed E-state index contributed by atoms with van der Waals surface area (Å²) in [7, 11) is 1.74. The van der Waals surface area contributed by atoms with Crippen LogP contribution in [-0.2, 0) is 4.74 Å². The van der Waals surface area contributed by atoms with Crippen LogP contribution in [-0.4, -0.2) is 24.6 Å². The molecule has 21 heavy (non-hydrogen) atoms. The molecule has 110 valence electrons. The van der Waals surface area contributed by atoms with E-state index in [0.717, 1.165) is 0 Å². The monoisotopic (exact) mass is 289 g/mol. The molecule has 0 amide bonds. The Morgan fingerprint density at radius 1 is 1.33 bits per heavy atom. The molecule has 0 aliphatic carbocycles. The van der Waals surface area contributed by atoms with Gasteiger partial charge >= 0.3 is 5.97 Å². The molecule has 0 saturated heterocycles. The van der Waals surface area contributed by atoms with Crippen LogP contribution in [0.1, 0.15) is 17.3 Å². The summed E-state index contributed by atoms with van der Waals surface area (Å²) in [5.41, 5.74) is 7.19. The topological polar surface area (TPSA) is 68.5 Å². The van der Waals surface area contributed by atoms with Gasteiger partial charge in [0.1, 0.15) is 5.82 Å². The van der Waals surface area contributed by atoms with Crippen LogP contribution in [0.4, 0.5) is 21.6 Å². The molecule has 2 rings (SSSR count). The minimum absolute atomic E-state index is 0.225. The van der Waals surface area contributed by atoms with E-state index in [2.05, 4.69) is 4.98 Å². The Balaban J connectivity index is 2.37. The third-order valence-corrected chi connectivity index (χ3v) is 3.00. The summed E-state index contributed by atoms with van der Waals surface area (Å²) < 4.78 is 17.9. The highest BCUT2D eigenvalue weighted by atomic mass is 19.1. The number of hydrogen-bond acceptors (Lipinski definition) is 5. The molecule has 1 aromatic heterocycles. The first-order chi connectivity index (χ1) is 10.0. The van der Waals surface area contributed by atoms with Crippen LogP contribution < -0.4 is 10.6 Å². The van der Waals surface area contributed by atoms with E-state index in [9.17, 15) is 9.18 Å². The van der Waals surface area contributed by atoms with Crippen LogP contribution >= 0.6 is 0 Å². The Labute approximate surface area is 122 Å². The Morgan fingerprint density at radius 3 is 2.62 bits per heavy atom. The maximum absolute atomic E-state index is 13.0. The van der Waals surface area contributed by atoms with Gasteiger partial charge < -0.3 is 15.4 Å². The molecule has 1 aromatic carbocycles. The van der Waals surface area contributed by atoms with Crippen molar-refractivity contribution in [2.24, 2.45) is 0 Å². The van der Waals surface area contributed by atoms with E-state index in [-0.39, 0.29) is 23.7 Å². The molecule has 1 heterocycles. The minimum atomic E-state index is -0.494. The van der Waals surface area contributed by atoms with Gasteiger partial charge in [-0.2, -0.15) is 0 Å². The van der Waals surface area contributed by atoms with Gasteiger partial charge in [-0.25, -0.2) is 14.2 Å². The number of carbonyl (C=O) groups excluding carboxylic acids is 1. The van der Waals surface area contributed by atoms with Crippen LogP contribution in [0, 0.1) is 5.82 Å². The lowest BCUT2D eigenvalue weighted by molar-refractivity contribution is 0.0527. The van der Waals surface area contributed by atoms with Crippen molar-refractivity contribution in [1.82, 2.24) is 4.98 Å². The van der Waals surface area contributed by atoms with Gasteiger partial charge in [-0.05, 0) is 37.3 Å². The van der Waals surface area contributed by atoms with Crippen molar-refractivity contribution in [1.29, 1.82) is 0 Å². The number of esters is 1. The quantitative estimate of drug-likeness (QED) is 0.876. The molecule has 6 heteroatoms. The third-order valence-electron chi connectivity index (χ3n) is 3.00. The normalized spacial score (nSPS) is 10.2. The second kappa shape index (κ2) is 6.21. The summed E-state index contributed by atoms with van der Waals surface area (Å²) >= 11 is 0. The van der Waals surface area contributed by atoms with E-state index in [4.69, 9.17) is 10.5 Å². The summed E-state index contributed by atoms with van der Waals surface area (Å²) in [5.74, 6) is -0.410. The van der Waals surface area contributed by atoms with Crippen molar-refractivity contribution in [3.63, 3.8) is 0 Å². The van der Waals surface area contributed by atoms with Crippen molar-refractivity contribution < 1.29 is 13.9 Å². The predicted octanol–water partition coefficient (Wildman–Crippen LogP) is 2.75. The number of ether oxygens (including phenoxy) is 1. The highest BCUT2D eigenvalue weighted by molar-refractivity contribution is 5.98.